The largest absolute Gasteiger partial charge is 0.469 e. The predicted octanol–water partition coefficient (Wildman–Crippen LogP) is 2.62. The lowest BCUT2D eigenvalue weighted by Gasteiger charge is -2.36. The van der Waals surface area contributed by atoms with E-state index in [-0.39, 0.29) is 29.9 Å². The summed E-state index contributed by atoms with van der Waals surface area (Å²) in [4.78, 5) is 21.0. The molecular weight excluding hydrogens is 459 g/mol. The summed E-state index contributed by atoms with van der Waals surface area (Å²) in [6, 6.07) is 7.25. The van der Waals surface area contributed by atoms with Gasteiger partial charge in [0.05, 0.1) is 12.5 Å². The van der Waals surface area contributed by atoms with Crippen LogP contribution < -0.4 is 5.32 Å². The van der Waals surface area contributed by atoms with Crippen LogP contribution in [0.4, 0.5) is 0 Å². The van der Waals surface area contributed by atoms with E-state index in [1.807, 2.05) is 17.0 Å². The van der Waals surface area contributed by atoms with Crippen LogP contribution >= 0.6 is 24.0 Å². The lowest BCUT2D eigenvalue weighted by Crippen LogP contribution is -2.53. The van der Waals surface area contributed by atoms with Crippen molar-refractivity contribution < 1.29 is 13.6 Å². The molecule has 0 aliphatic carbocycles. The van der Waals surface area contributed by atoms with Gasteiger partial charge in [0.1, 0.15) is 5.76 Å². The highest BCUT2D eigenvalue weighted by Crippen LogP contribution is 2.10. The second-order valence-electron chi connectivity index (χ2n) is 5.96. The number of piperazine rings is 1. The van der Waals surface area contributed by atoms with Gasteiger partial charge in [0.25, 0.3) is 5.91 Å². The normalized spacial score (nSPS) is 14.6. The first-order valence-electron chi connectivity index (χ1n) is 8.77. The standard InChI is InChI=1S/C19H24N4O3.HI/c1-2-8-20-19(21-9-7-16-5-3-14-25-16)23-12-10-22(11-13-23)18(24)17-6-4-15-26-17;/h2-6,14-15H,1,7-13H2,(H,20,21);1H. The van der Waals surface area contributed by atoms with Crippen LogP contribution in [0.25, 0.3) is 0 Å². The molecule has 8 heteroatoms. The average Bonchev–Trinajstić information content (AvgIpc) is 3.38. The van der Waals surface area contributed by atoms with Crippen LogP contribution in [-0.2, 0) is 6.42 Å². The summed E-state index contributed by atoms with van der Waals surface area (Å²) in [5.41, 5.74) is 0. The molecule has 27 heavy (non-hydrogen) atoms. The van der Waals surface area contributed by atoms with E-state index in [1.165, 1.54) is 6.26 Å². The number of nitrogens with zero attached hydrogens (tertiary/aromatic N) is 3. The minimum absolute atomic E-state index is 0. The Hall–Kier alpha value is -2.23. The van der Waals surface area contributed by atoms with Crippen LogP contribution in [0.1, 0.15) is 16.3 Å². The number of carbonyl (C=O) groups excluding carboxylic acids is 1. The van der Waals surface area contributed by atoms with Crippen molar-refractivity contribution in [2.45, 2.75) is 6.42 Å². The highest BCUT2D eigenvalue weighted by Gasteiger charge is 2.25. The summed E-state index contributed by atoms with van der Waals surface area (Å²) in [7, 11) is 0. The molecule has 0 aromatic carbocycles. The maximum atomic E-state index is 12.4. The lowest BCUT2D eigenvalue weighted by molar-refractivity contribution is 0.0658. The fraction of sp³-hybridized carbons (Fsp3) is 0.368. The average molecular weight is 484 g/mol. The molecule has 0 bridgehead atoms. The van der Waals surface area contributed by atoms with Gasteiger partial charge in [-0.25, -0.2) is 0 Å². The predicted molar refractivity (Wildman–Crippen MR) is 115 cm³/mol. The number of halogens is 1. The molecule has 3 heterocycles. The van der Waals surface area contributed by atoms with E-state index in [0.717, 1.165) is 31.2 Å². The van der Waals surface area contributed by atoms with E-state index in [4.69, 9.17) is 8.83 Å². The van der Waals surface area contributed by atoms with Crippen LogP contribution in [0.15, 0.2) is 63.3 Å². The summed E-state index contributed by atoms with van der Waals surface area (Å²) in [6.45, 7) is 7.73. The van der Waals surface area contributed by atoms with E-state index >= 15 is 0 Å². The summed E-state index contributed by atoms with van der Waals surface area (Å²) in [5.74, 6) is 2.08. The van der Waals surface area contributed by atoms with Gasteiger partial charge in [-0.1, -0.05) is 6.08 Å². The van der Waals surface area contributed by atoms with Gasteiger partial charge >= 0.3 is 0 Å². The number of furan rings is 2. The highest BCUT2D eigenvalue weighted by atomic mass is 127. The molecule has 0 atom stereocenters. The van der Waals surface area contributed by atoms with Crippen molar-refractivity contribution in [2.24, 2.45) is 4.99 Å². The van der Waals surface area contributed by atoms with Gasteiger partial charge in [-0.2, -0.15) is 0 Å². The molecule has 0 spiro atoms. The fourth-order valence-electron chi connectivity index (χ4n) is 2.84. The third-order valence-corrected chi connectivity index (χ3v) is 4.20. The van der Waals surface area contributed by atoms with Gasteiger partial charge in [0, 0.05) is 45.7 Å². The quantitative estimate of drug-likeness (QED) is 0.296. The van der Waals surface area contributed by atoms with Gasteiger partial charge in [-0.05, 0) is 24.3 Å². The Morgan fingerprint density at radius 1 is 1.15 bits per heavy atom. The molecule has 0 radical (unpaired) electrons. The Morgan fingerprint density at radius 3 is 2.48 bits per heavy atom. The molecule has 3 rings (SSSR count). The Balaban J connectivity index is 0.00000261. The van der Waals surface area contributed by atoms with Crippen LogP contribution in [0, 0.1) is 0 Å². The maximum Gasteiger partial charge on any atom is 0.289 e. The first kappa shape index (κ1) is 21.1. The molecule has 0 saturated carbocycles. The minimum atomic E-state index is -0.0648. The molecule has 1 N–H and O–H groups in total. The van der Waals surface area contributed by atoms with Crippen molar-refractivity contribution in [3.63, 3.8) is 0 Å². The van der Waals surface area contributed by atoms with Crippen LogP contribution in [0.3, 0.4) is 0 Å². The number of carbonyl (C=O) groups is 1. The van der Waals surface area contributed by atoms with Crippen molar-refractivity contribution in [1.29, 1.82) is 0 Å². The maximum absolute atomic E-state index is 12.4. The van der Waals surface area contributed by atoms with E-state index < -0.39 is 0 Å². The number of aliphatic imine (C=N–C) groups is 1. The first-order valence-corrected chi connectivity index (χ1v) is 8.77. The number of hydrogen-bond donors (Lipinski definition) is 1. The Labute approximate surface area is 176 Å². The topological polar surface area (TPSA) is 74.2 Å². The van der Waals surface area contributed by atoms with Gasteiger partial charge in [-0.3, -0.25) is 9.79 Å². The van der Waals surface area contributed by atoms with Crippen molar-refractivity contribution in [3.8, 4) is 0 Å². The molecule has 2 aromatic rings. The Morgan fingerprint density at radius 2 is 1.85 bits per heavy atom. The number of guanidine groups is 1. The van der Waals surface area contributed by atoms with Gasteiger partial charge in [0.15, 0.2) is 11.7 Å². The Bertz CT molecular complexity index is 720. The smallest absolute Gasteiger partial charge is 0.289 e. The molecule has 0 unspecified atom stereocenters. The van der Waals surface area contributed by atoms with Crippen LogP contribution in [0.5, 0.6) is 0 Å². The van der Waals surface area contributed by atoms with E-state index in [9.17, 15) is 4.79 Å². The van der Waals surface area contributed by atoms with Crippen molar-refractivity contribution in [3.05, 3.63) is 61.0 Å². The fourth-order valence-corrected chi connectivity index (χ4v) is 2.84. The number of hydrogen-bond acceptors (Lipinski definition) is 4. The van der Waals surface area contributed by atoms with Crippen LogP contribution in [0.2, 0.25) is 0 Å². The monoisotopic (exact) mass is 484 g/mol. The number of amides is 1. The zero-order chi connectivity index (χ0) is 18.2. The lowest BCUT2D eigenvalue weighted by atomic mass is 10.3. The number of rotatable bonds is 6. The molecule has 1 amide bonds. The second kappa shape index (κ2) is 10.8. The summed E-state index contributed by atoms with van der Waals surface area (Å²) < 4.78 is 10.5. The number of nitrogens with one attached hydrogen (secondary N) is 1. The van der Waals surface area contributed by atoms with Gasteiger partial charge < -0.3 is 24.0 Å². The molecular formula is C19H25IN4O3. The summed E-state index contributed by atoms with van der Waals surface area (Å²) in [6.07, 6.45) is 5.75. The molecule has 1 saturated heterocycles. The van der Waals surface area contributed by atoms with E-state index in [2.05, 4.69) is 21.8 Å². The molecule has 7 nitrogen and oxygen atoms in total. The zero-order valence-electron chi connectivity index (χ0n) is 15.2. The SMILES string of the molecule is C=CCNC(=NCCc1ccco1)N1CCN(C(=O)c2ccco2)CC1.I. The first-order chi connectivity index (χ1) is 12.8. The zero-order valence-corrected chi connectivity index (χ0v) is 17.5. The van der Waals surface area contributed by atoms with E-state index in [0.29, 0.717) is 31.9 Å². The molecule has 1 aliphatic heterocycles. The summed E-state index contributed by atoms with van der Waals surface area (Å²) in [5, 5.41) is 3.30. The molecule has 2 aromatic heterocycles. The van der Waals surface area contributed by atoms with Crippen molar-refractivity contribution in [1.82, 2.24) is 15.1 Å². The van der Waals surface area contributed by atoms with Gasteiger partial charge in [-0.15, -0.1) is 30.6 Å². The highest BCUT2D eigenvalue weighted by molar-refractivity contribution is 14.0. The van der Waals surface area contributed by atoms with Crippen LogP contribution in [-0.4, -0.2) is 60.9 Å². The van der Waals surface area contributed by atoms with Crippen molar-refractivity contribution >= 4 is 35.8 Å². The molecule has 1 fully saturated rings. The minimum Gasteiger partial charge on any atom is -0.469 e. The van der Waals surface area contributed by atoms with Crippen molar-refractivity contribution in [2.75, 3.05) is 39.3 Å². The van der Waals surface area contributed by atoms with E-state index in [1.54, 1.807) is 24.5 Å². The second-order valence-corrected chi connectivity index (χ2v) is 5.96. The third kappa shape index (κ3) is 5.88. The molecule has 1 aliphatic rings. The Kier molecular flexibility index (Phi) is 8.43. The summed E-state index contributed by atoms with van der Waals surface area (Å²) >= 11 is 0. The molecule has 146 valence electrons. The third-order valence-electron chi connectivity index (χ3n) is 4.20. The van der Waals surface area contributed by atoms with Gasteiger partial charge in [0.2, 0.25) is 0 Å².